The summed E-state index contributed by atoms with van der Waals surface area (Å²) in [5.74, 6) is 2.16. The molecule has 12 aromatic carbocycles. The van der Waals surface area contributed by atoms with Crippen molar-refractivity contribution >= 4 is 45.7 Å². The first kappa shape index (κ1) is 96.4. The molecule has 0 aliphatic rings. The molecule has 12 aromatic rings. The zero-order valence-electron chi connectivity index (χ0n) is 73.0. The van der Waals surface area contributed by atoms with Crippen LogP contribution in [0.15, 0.2) is 315 Å². The number of aliphatic hydroxyl groups is 3. The first-order valence-corrected chi connectivity index (χ1v) is 43.8. The molecule has 0 saturated heterocycles. The number of rotatable bonds is 42. The number of ether oxygens (including phenoxy) is 2. The van der Waals surface area contributed by atoms with Crippen LogP contribution in [0, 0.1) is 0 Å². The number of benzene rings is 12. The predicted molar refractivity (Wildman–Crippen MR) is 510 cm³/mol. The van der Waals surface area contributed by atoms with Crippen LogP contribution in [-0.4, -0.2) is 60.7 Å². The van der Waals surface area contributed by atoms with Crippen molar-refractivity contribution < 1.29 is 34.4 Å². The number of Topliss-reactive ketones (excluding diaryl/α,β-unsaturated/α-hetero) is 2. The van der Waals surface area contributed by atoms with Crippen molar-refractivity contribution in [1.29, 1.82) is 0 Å². The normalized spacial score (nSPS) is 11.2. The molecule has 0 aliphatic heterocycles. The first-order chi connectivity index (χ1) is 59.2. The van der Waals surface area contributed by atoms with E-state index in [0.717, 1.165) is 182 Å². The van der Waals surface area contributed by atoms with Crippen LogP contribution in [0.1, 0.15) is 220 Å². The van der Waals surface area contributed by atoms with Gasteiger partial charge in [0.05, 0.1) is 32.5 Å². The van der Waals surface area contributed by atoms with Gasteiger partial charge in [-0.2, -0.15) is 0 Å². The first-order valence-electron chi connectivity index (χ1n) is 43.8. The maximum absolute atomic E-state index is 11.9. The smallest absolute Gasteiger partial charge is 0.162 e. The van der Waals surface area contributed by atoms with Gasteiger partial charge in [0.15, 0.2) is 11.6 Å². The molecule has 0 aliphatic carbocycles. The minimum absolute atomic E-state index is 0.193. The molecular weight excluding hydrogens is 1490 g/mol. The Bertz CT molecular complexity index is 4780. The maximum Gasteiger partial charge on any atom is 0.162 e. The lowest BCUT2D eigenvalue weighted by Gasteiger charge is -2.13. The van der Waals surface area contributed by atoms with Crippen LogP contribution in [0.5, 0.6) is 11.5 Å². The van der Waals surface area contributed by atoms with Gasteiger partial charge in [-0.3, -0.25) is 9.59 Å². The second kappa shape index (κ2) is 58.2. The number of methoxy groups -OCH3 is 2. The van der Waals surface area contributed by atoms with Crippen molar-refractivity contribution in [2.24, 2.45) is 0 Å². The average Bonchev–Trinajstić information content (AvgIpc) is 0.807. The molecule has 0 heterocycles. The Morgan fingerprint density at radius 2 is 0.595 bits per heavy atom. The van der Waals surface area contributed by atoms with Crippen LogP contribution < -0.4 is 41.4 Å². The molecule has 0 aromatic heterocycles. The minimum Gasteiger partial charge on any atom is -0.496 e. The molecule has 3 unspecified atom stereocenters. The number of hydrogen-bond acceptors (Lipinski definition) is 13. The van der Waals surface area contributed by atoms with E-state index in [1.165, 1.54) is 52.8 Å². The summed E-state index contributed by atoms with van der Waals surface area (Å²) < 4.78 is 10.7. The Kier molecular flexibility index (Phi) is 46.4. The number of hydrogen-bond donors (Lipinski definition) is 9. The summed E-state index contributed by atoms with van der Waals surface area (Å²) in [4.78, 5) is 23.8. The molecule has 13 heteroatoms. The van der Waals surface area contributed by atoms with Crippen molar-refractivity contribution in [3.8, 4) is 11.5 Å². The fraction of sp³-hybridized carbons (Fsp3) is 0.315. The predicted octanol–water partition coefficient (Wildman–Crippen LogP) is 26.1. The Morgan fingerprint density at radius 1 is 0.281 bits per heavy atom. The summed E-state index contributed by atoms with van der Waals surface area (Å²) >= 11 is 0. The van der Waals surface area contributed by atoms with Gasteiger partial charge in [-0.25, -0.2) is 0 Å². The number of carbonyl (C=O) groups is 2. The van der Waals surface area contributed by atoms with E-state index in [1.54, 1.807) is 14.2 Å². The largest absolute Gasteiger partial charge is 0.496 e. The Balaban J connectivity index is 0.000000200. The molecule has 121 heavy (non-hydrogen) atoms. The summed E-state index contributed by atoms with van der Waals surface area (Å²) in [6.45, 7) is 17.5. The quantitative estimate of drug-likeness (QED) is 0.0130. The lowest BCUT2D eigenvalue weighted by atomic mass is 10.0. The standard InChI is InChI=1S/C19H25NO.C18H23NO2.C18H21NO2.C18H23NO.C18H21NO.C17H21N/c1-2-8-19(21)17-12-6-13-18(15-17)20-14-7-11-16-9-4-3-5-10-16;2*1-3-7-17(20)14-9-6-10-16(12-14)19-13-15-8-4-5-11-18(15)21-2;2*1-2-7-18(20)16-10-6-11-17(14-16)19-13-12-15-8-4-3-5-9-15;1-2-3-8-15-11-7-12-17(13-15)18-14-16-9-5-4-6-10-16/h3-6,9-10,12-13,15,19-21H,2,7-8,11,14H2,1H3;4-6,8-12,17,19-20H,3,7,13H2,1-2H3;4-6,8-12,19H,3,7,13H2,1-2H3;3-6,8-11,14,18-20H,2,7,12-13H2,1H3;3-6,8-11,14,19H,2,7,12-13H2,1H3;4-7,9-13,18H,2-3,8,14H2,1H3. The molecule has 3 atom stereocenters. The van der Waals surface area contributed by atoms with Gasteiger partial charge >= 0.3 is 0 Å². The molecule has 0 spiro atoms. The number of ketones is 2. The minimum atomic E-state index is -0.386. The summed E-state index contributed by atoms with van der Waals surface area (Å²) in [5.41, 5.74) is 19.9. The third kappa shape index (κ3) is 38.0. The molecule has 9 N–H and O–H groups in total. The second-order valence-electron chi connectivity index (χ2n) is 30.1. The summed E-state index contributed by atoms with van der Waals surface area (Å²) in [6.07, 6.45) is 15.1. The van der Waals surface area contributed by atoms with Gasteiger partial charge in [0.25, 0.3) is 0 Å². The number of nitrogens with one attached hydrogen (secondary N) is 6. The molecule has 638 valence electrons. The third-order valence-electron chi connectivity index (χ3n) is 20.2. The van der Waals surface area contributed by atoms with Crippen LogP contribution in [-0.2, 0) is 45.3 Å². The monoisotopic (exact) mass is 1630 g/mol. The highest BCUT2D eigenvalue weighted by Gasteiger charge is 2.13. The van der Waals surface area contributed by atoms with Crippen molar-refractivity contribution in [2.75, 3.05) is 65.8 Å². The second-order valence-corrected chi connectivity index (χ2v) is 30.1. The van der Waals surface area contributed by atoms with Gasteiger partial charge in [0.1, 0.15) is 11.5 Å². The van der Waals surface area contributed by atoms with Crippen LogP contribution in [0.3, 0.4) is 0 Å². The molecule has 0 radical (unpaired) electrons. The lowest BCUT2D eigenvalue weighted by Crippen LogP contribution is -2.06. The number of unbranched alkanes of at least 4 members (excludes halogenated alkanes) is 1. The zero-order chi connectivity index (χ0) is 86.1. The third-order valence-corrected chi connectivity index (χ3v) is 20.2. The Morgan fingerprint density at radius 3 is 0.992 bits per heavy atom. The lowest BCUT2D eigenvalue weighted by molar-refractivity contribution is 0.0973. The van der Waals surface area contributed by atoms with Crippen LogP contribution in [0.2, 0.25) is 0 Å². The highest BCUT2D eigenvalue weighted by atomic mass is 16.5. The van der Waals surface area contributed by atoms with E-state index < -0.39 is 0 Å². The van der Waals surface area contributed by atoms with Crippen molar-refractivity contribution in [3.05, 3.63) is 382 Å². The fourth-order valence-electron chi connectivity index (χ4n) is 13.5. The topological polar surface area (TPSA) is 185 Å². The highest BCUT2D eigenvalue weighted by Crippen LogP contribution is 2.28. The SMILES string of the molecule is CCCC(=O)c1cccc(NCCc2ccccc2)c1.CCCC(=O)c1cccc(NCc2ccccc2OC)c1.CCCC(O)c1cccc(NCCCc2ccccc2)c1.CCCC(O)c1cccc(NCCc2ccccc2)c1.CCCC(O)c1cccc(NCc2ccccc2OC)c1.CCCCc1cccc(NCc2ccccc2)c1. The van der Waals surface area contributed by atoms with Crippen LogP contribution in [0.4, 0.5) is 34.1 Å². The number of para-hydroxylation sites is 2. The van der Waals surface area contributed by atoms with E-state index in [4.69, 9.17) is 9.47 Å². The van der Waals surface area contributed by atoms with E-state index in [1.807, 2.05) is 184 Å². The van der Waals surface area contributed by atoms with E-state index in [2.05, 4.69) is 205 Å². The fourth-order valence-corrected chi connectivity index (χ4v) is 13.5. The molecule has 0 amide bonds. The van der Waals surface area contributed by atoms with Gasteiger partial charge in [0, 0.05) is 108 Å². The maximum atomic E-state index is 11.9. The zero-order valence-corrected chi connectivity index (χ0v) is 73.0. The van der Waals surface area contributed by atoms with Crippen LogP contribution in [0.25, 0.3) is 0 Å². The van der Waals surface area contributed by atoms with Crippen molar-refractivity contribution in [1.82, 2.24) is 0 Å². The molecule has 0 saturated carbocycles. The average molecular weight is 1630 g/mol. The van der Waals surface area contributed by atoms with Gasteiger partial charge in [-0.05, 0) is 200 Å². The summed E-state index contributed by atoms with van der Waals surface area (Å²) in [6, 6.07) is 106. The molecule has 0 bridgehead atoms. The van der Waals surface area contributed by atoms with E-state index in [0.29, 0.717) is 25.9 Å². The van der Waals surface area contributed by atoms with Gasteiger partial charge in [-0.1, -0.05) is 298 Å². The molecular formula is C108H134N6O7. The number of aliphatic hydroxyl groups excluding tert-OH is 3. The number of anilines is 6. The van der Waals surface area contributed by atoms with Crippen molar-refractivity contribution in [3.63, 3.8) is 0 Å². The summed E-state index contributed by atoms with van der Waals surface area (Å²) in [5, 5.41) is 50.6. The van der Waals surface area contributed by atoms with Gasteiger partial charge in [-0.15, -0.1) is 0 Å². The van der Waals surface area contributed by atoms with E-state index in [-0.39, 0.29) is 29.9 Å². The van der Waals surface area contributed by atoms with Crippen LogP contribution >= 0.6 is 0 Å². The number of aryl methyl sites for hydroxylation is 2. The Labute approximate surface area is 723 Å². The number of carbonyl (C=O) groups excluding carboxylic acids is 2. The molecule has 0 fully saturated rings. The van der Waals surface area contributed by atoms with Gasteiger partial charge in [0.2, 0.25) is 0 Å². The summed E-state index contributed by atoms with van der Waals surface area (Å²) in [7, 11) is 3.35. The van der Waals surface area contributed by atoms with E-state index >= 15 is 0 Å². The molecule has 13 nitrogen and oxygen atoms in total. The molecule has 12 rings (SSSR count). The Hall–Kier alpha value is -11.7. The van der Waals surface area contributed by atoms with E-state index in [9.17, 15) is 24.9 Å². The highest BCUT2D eigenvalue weighted by molar-refractivity contribution is 5.97. The van der Waals surface area contributed by atoms with Gasteiger partial charge < -0.3 is 56.7 Å². The van der Waals surface area contributed by atoms with Crippen molar-refractivity contribution in [2.45, 2.75) is 189 Å².